The van der Waals surface area contributed by atoms with E-state index in [1.165, 1.54) is 0 Å². The Hall–Kier alpha value is -0.570. The maximum absolute atomic E-state index is 11.5. The molecule has 0 bridgehead atoms. The number of hydrogen-bond acceptors (Lipinski definition) is 2. The van der Waals surface area contributed by atoms with Gasteiger partial charge in [0.2, 0.25) is 5.66 Å². The second-order valence-corrected chi connectivity index (χ2v) is 4.19. The zero-order valence-corrected chi connectivity index (χ0v) is 7.86. The normalized spacial score (nSPS) is 27.7. The van der Waals surface area contributed by atoms with Crippen molar-refractivity contribution in [2.24, 2.45) is 0 Å². The van der Waals surface area contributed by atoms with Crippen molar-refractivity contribution < 1.29 is 4.74 Å². The van der Waals surface area contributed by atoms with Gasteiger partial charge in [-0.05, 0) is 13.8 Å². The van der Waals surface area contributed by atoms with Crippen molar-refractivity contribution in [2.45, 2.75) is 45.8 Å². The van der Waals surface area contributed by atoms with Crippen LogP contribution in [-0.4, -0.2) is 21.7 Å². The minimum absolute atomic E-state index is 0.161. The highest BCUT2D eigenvalue weighted by atomic mass is 16.5. The lowest BCUT2D eigenvalue weighted by molar-refractivity contribution is -0.537. The predicted octanol–water partition coefficient (Wildman–Crippen LogP) is 1.08. The van der Waals surface area contributed by atoms with Gasteiger partial charge in [-0.25, -0.2) is 5.32 Å². The summed E-state index contributed by atoms with van der Waals surface area (Å²) in [6, 6.07) is 0. The van der Waals surface area contributed by atoms with Gasteiger partial charge in [-0.1, -0.05) is 0 Å². The molecule has 0 aromatic heterocycles. The molecule has 0 saturated carbocycles. The van der Waals surface area contributed by atoms with Crippen molar-refractivity contribution in [2.75, 3.05) is 0 Å². The Bertz CT molecular complexity index is 194. The number of nitrogens with zero attached hydrogens (tertiary/aromatic N) is 1. The molecule has 1 aliphatic heterocycles. The van der Waals surface area contributed by atoms with Gasteiger partial charge in [0.15, 0.2) is 5.71 Å². The second kappa shape index (κ2) is 1.97. The van der Waals surface area contributed by atoms with Crippen LogP contribution in [0.15, 0.2) is 0 Å². The monoisotopic (exact) mass is 156 g/mol. The lowest BCUT2D eigenvalue weighted by Gasteiger charge is -2.21. The van der Waals surface area contributed by atoms with E-state index in [-0.39, 0.29) is 5.54 Å². The first kappa shape index (κ1) is 8.53. The van der Waals surface area contributed by atoms with Crippen LogP contribution in [0.4, 0.5) is 0 Å². The van der Waals surface area contributed by atoms with Crippen molar-refractivity contribution in [3.05, 3.63) is 5.21 Å². The number of hydrogen-bond donors (Lipinski definition) is 1. The van der Waals surface area contributed by atoms with Crippen LogP contribution in [0.25, 0.3) is 0 Å². The van der Waals surface area contributed by atoms with Crippen molar-refractivity contribution >= 4 is 5.71 Å². The minimum atomic E-state index is -0.451. The van der Waals surface area contributed by atoms with Crippen LogP contribution < -0.4 is 5.32 Å². The molecular weight excluding hydrogens is 140 g/mol. The lowest BCUT2D eigenvalue weighted by Crippen LogP contribution is -2.49. The fourth-order valence-electron chi connectivity index (χ4n) is 1.58. The largest absolute Gasteiger partial charge is 0.622 e. The highest BCUT2D eigenvalue weighted by molar-refractivity contribution is 5.87. The van der Waals surface area contributed by atoms with E-state index in [1.54, 1.807) is 0 Å². The van der Waals surface area contributed by atoms with Crippen molar-refractivity contribution in [3.8, 4) is 0 Å². The SMILES string of the molecule is CC1=[N+]([O-])C(C)(C)NC1(C)C. The Balaban J connectivity index is 3.09. The zero-order valence-electron chi connectivity index (χ0n) is 7.86. The minimum Gasteiger partial charge on any atom is -0.622 e. The van der Waals surface area contributed by atoms with Crippen molar-refractivity contribution in [1.82, 2.24) is 5.32 Å². The smallest absolute Gasteiger partial charge is 0.221 e. The van der Waals surface area contributed by atoms with E-state index >= 15 is 0 Å². The quantitative estimate of drug-likeness (QED) is 0.421. The van der Waals surface area contributed by atoms with Gasteiger partial charge in [0.05, 0.1) is 5.54 Å². The third kappa shape index (κ3) is 1.13. The summed E-state index contributed by atoms with van der Waals surface area (Å²) < 4.78 is 1.05. The van der Waals surface area contributed by atoms with E-state index in [0.717, 1.165) is 10.5 Å². The molecule has 0 aliphatic carbocycles. The molecule has 1 aliphatic rings. The van der Waals surface area contributed by atoms with Crippen LogP contribution in [0, 0.1) is 5.21 Å². The van der Waals surface area contributed by atoms with Gasteiger partial charge in [0, 0.05) is 20.8 Å². The highest BCUT2D eigenvalue weighted by Crippen LogP contribution is 2.21. The van der Waals surface area contributed by atoms with E-state index in [9.17, 15) is 5.21 Å². The summed E-state index contributed by atoms with van der Waals surface area (Å²) in [5.74, 6) is 0. The Morgan fingerprint density at radius 3 is 1.82 bits per heavy atom. The Kier molecular flexibility index (Phi) is 1.53. The molecule has 1 heterocycles. The van der Waals surface area contributed by atoms with Crippen molar-refractivity contribution in [1.29, 1.82) is 0 Å². The molecule has 0 atom stereocenters. The molecule has 3 heteroatoms. The van der Waals surface area contributed by atoms with Gasteiger partial charge in [-0.3, -0.25) is 0 Å². The molecule has 0 unspecified atom stereocenters. The standard InChI is InChI=1S/C8H16N2O/c1-6-7(2,3)9-8(4,5)10(6)11/h9H,1-5H3. The van der Waals surface area contributed by atoms with Crippen LogP contribution >= 0.6 is 0 Å². The average Bonchev–Trinajstić information content (AvgIpc) is 1.91. The van der Waals surface area contributed by atoms with Gasteiger partial charge in [0.25, 0.3) is 0 Å². The predicted molar refractivity (Wildman–Crippen MR) is 45.6 cm³/mol. The summed E-state index contributed by atoms with van der Waals surface area (Å²) in [4.78, 5) is 0. The molecule has 0 amide bonds. The van der Waals surface area contributed by atoms with Crippen LogP contribution in [0.1, 0.15) is 34.6 Å². The van der Waals surface area contributed by atoms with E-state index in [0.29, 0.717) is 0 Å². The Morgan fingerprint density at radius 2 is 1.73 bits per heavy atom. The topological polar surface area (TPSA) is 38.1 Å². The summed E-state index contributed by atoms with van der Waals surface area (Å²) in [6.07, 6.45) is 0. The number of rotatable bonds is 0. The van der Waals surface area contributed by atoms with Crippen LogP contribution in [0.3, 0.4) is 0 Å². The molecule has 0 aromatic rings. The Labute approximate surface area is 67.7 Å². The fourth-order valence-corrected chi connectivity index (χ4v) is 1.58. The average molecular weight is 156 g/mol. The first-order valence-electron chi connectivity index (χ1n) is 3.88. The van der Waals surface area contributed by atoms with Gasteiger partial charge in [-0.2, -0.15) is 4.74 Å². The first-order chi connectivity index (χ1) is 4.77. The Morgan fingerprint density at radius 1 is 1.27 bits per heavy atom. The molecule has 0 radical (unpaired) electrons. The van der Waals surface area contributed by atoms with E-state index < -0.39 is 5.66 Å². The maximum atomic E-state index is 11.5. The molecule has 0 fully saturated rings. The van der Waals surface area contributed by atoms with Gasteiger partial charge in [-0.15, -0.1) is 0 Å². The summed E-state index contributed by atoms with van der Waals surface area (Å²) in [7, 11) is 0. The third-order valence-electron chi connectivity index (χ3n) is 2.34. The molecule has 0 saturated heterocycles. The van der Waals surface area contributed by atoms with E-state index in [1.807, 2.05) is 34.6 Å². The lowest BCUT2D eigenvalue weighted by atomic mass is 10.0. The van der Waals surface area contributed by atoms with Crippen molar-refractivity contribution in [3.63, 3.8) is 0 Å². The second-order valence-electron chi connectivity index (χ2n) is 4.19. The molecule has 11 heavy (non-hydrogen) atoms. The number of nitrogens with one attached hydrogen (secondary N) is 1. The van der Waals surface area contributed by atoms with Gasteiger partial charge >= 0.3 is 0 Å². The van der Waals surface area contributed by atoms with E-state index in [4.69, 9.17) is 0 Å². The summed E-state index contributed by atoms with van der Waals surface area (Å²) in [5.41, 5.74) is 0.237. The number of hydroxylamine groups is 1. The summed E-state index contributed by atoms with van der Waals surface area (Å²) >= 11 is 0. The third-order valence-corrected chi connectivity index (χ3v) is 2.34. The van der Waals surface area contributed by atoms with Gasteiger partial charge < -0.3 is 5.21 Å². The summed E-state index contributed by atoms with van der Waals surface area (Å²) in [6.45, 7) is 9.68. The molecule has 3 nitrogen and oxygen atoms in total. The first-order valence-corrected chi connectivity index (χ1v) is 3.88. The molecule has 1 N–H and O–H groups in total. The van der Waals surface area contributed by atoms with Gasteiger partial charge in [0.1, 0.15) is 0 Å². The van der Waals surface area contributed by atoms with E-state index in [2.05, 4.69) is 5.32 Å². The maximum Gasteiger partial charge on any atom is 0.221 e. The van der Waals surface area contributed by atoms with Crippen LogP contribution in [0.2, 0.25) is 0 Å². The zero-order chi connectivity index (χ0) is 8.86. The molecular formula is C8H16N2O. The molecule has 1 rings (SSSR count). The fraction of sp³-hybridized carbons (Fsp3) is 0.875. The molecule has 64 valence electrons. The summed E-state index contributed by atoms with van der Waals surface area (Å²) in [5, 5.41) is 14.7. The van der Waals surface area contributed by atoms with Crippen LogP contribution in [0.5, 0.6) is 0 Å². The highest BCUT2D eigenvalue weighted by Gasteiger charge is 2.46. The van der Waals surface area contributed by atoms with Crippen LogP contribution in [-0.2, 0) is 0 Å². The molecule has 0 spiro atoms. The molecule has 0 aromatic carbocycles.